The maximum Gasteiger partial charge on any atom is 0.224 e. The molecule has 0 saturated carbocycles. The number of hydrogen-bond donors (Lipinski definition) is 2. The molecule has 3 N–H and O–H groups in total. The fourth-order valence-corrected chi connectivity index (χ4v) is 1.89. The summed E-state index contributed by atoms with van der Waals surface area (Å²) in [5, 5.41) is 3.42. The summed E-state index contributed by atoms with van der Waals surface area (Å²) in [6.45, 7) is 8.28. The smallest absolute Gasteiger partial charge is 0.224 e. The van der Waals surface area contributed by atoms with E-state index >= 15 is 0 Å². The second kappa shape index (κ2) is 5.64. The van der Waals surface area contributed by atoms with E-state index in [-0.39, 0.29) is 5.91 Å². The van der Waals surface area contributed by atoms with Gasteiger partial charge >= 0.3 is 0 Å². The minimum absolute atomic E-state index is 0.251. The lowest BCUT2D eigenvalue weighted by molar-refractivity contribution is -0.125. The third-order valence-corrected chi connectivity index (χ3v) is 3.51. The van der Waals surface area contributed by atoms with Crippen LogP contribution in [0.25, 0.3) is 0 Å². The summed E-state index contributed by atoms with van der Waals surface area (Å²) in [5.41, 5.74) is 4.86. The van der Waals surface area contributed by atoms with Crippen LogP contribution in [0, 0.1) is 11.3 Å². The van der Waals surface area contributed by atoms with Crippen molar-refractivity contribution in [3.8, 4) is 0 Å². The summed E-state index contributed by atoms with van der Waals surface area (Å²) in [5.74, 6) is 0.400. The van der Waals surface area contributed by atoms with E-state index in [0.717, 1.165) is 26.1 Å². The van der Waals surface area contributed by atoms with E-state index in [9.17, 15) is 4.79 Å². The zero-order chi connectivity index (χ0) is 12.2. The van der Waals surface area contributed by atoms with Crippen LogP contribution in [-0.4, -0.2) is 31.7 Å². The fourth-order valence-electron chi connectivity index (χ4n) is 1.89. The third kappa shape index (κ3) is 3.76. The van der Waals surface area contributed by atoms with Gasteiger partial charge in [-0.2, -0.15) is 0 Å². The summed E-state index contributed by atoms with van der Waals surface area (Å²) >= 11 is 0. The standard InChI is InChI=1S/C12H24N2O2/c1-9(10-4-6-16-7-5-10)14-8-12(2,3)11(13)15/h9-10,14H,4-8H2,1-3H3,(H2,13,15). The maximum absolute atomic E-state index is 11.2. The largest absolute Gasteiger partial charge is 0.381 e. The Morgan fingerprint density at radius 3 is 2.56 bits per heavy atom. The van der Waals surface area contributed by atoms with E-state index in [1.807, 2.05) is 13.8 Å². The van der Waals surface area contributed by atoms with E-state index < -0.39 is 5.41 Å². The summed E-state index contributed by atoms with van der Waals surface area (Å²) in [6, 6.07) is 0.419. The van der Waals surface area contributed by atoms with Gasteiger partial charge in [0, 0.05) is 25.8 Å². The van der Waals surface area contributed by atoms with Gasteiger partial charge in [-0.1, -0.05) is 0 Å². The molecule has 16 heavy (non-hydrogen) atoms. The first kappa shape index (κ1) is 13.5. The molecule has 1 aliphatic rings. The predicted octanol–water partition coefficient (Wildman–Crippen LogP) is 0.903. The monoisotopic (exact) mass is 228 g/mol. The zero-order valence-corrected chi connectivity index (χ0v) is 10.6. The van der Waals surface area contributed by atoms with Crippen molar-refractivity contribution in [3.05, 3.63) is 0 Å². The summed E-state index contributed by atoms with van der Waals surface area (Å²) in [4.78, 5) is 11.2. The van der Waals surface area contributed by atoms with Gasteiger partial charge in [0.2, 0.25) is 5.91 Å². The molecule has 1 amide bonds. The number of hydrogen-bond acceptors (Lipinski definition) is 3. The Hall–Kier alpha value is -0.610. The molecule has 4 heteroatoms. The Morgan fingerprint density at radius 2 is 2.06 bits per heavy atom. The number of amides is 1. The fraction of sp³-hybridized carbons (Fsp3) is 0.917. The number of ether oxygens (including phenoxy) is 1. The van der Waals surface area contributed by atoms with Crippen LogP contribution >= 0.6 is 0 Å². The van der Waals surface area contributed by atoms with Crippen LogP contribution in [0.1, 0.15) is 33.6 Å². The van der Waals surface area contributed by atoms with Crippen molar-refractivity contribution in [2.45, 2.75) is 39.7 Å². The Kier molecular flexibility index (Phi) is 4.74. The number of carbonyl (C=O) groups is 1. The molecular weight excluding hydrogens is 204 g/mol. The third-order valence-electron chi connectivity index (χ3n) is 3.51. The molecule has 4 nitrogen and oxygen atoms in total. The lowest BCUT2D eigenvalue weighted by Gasteiger charge is -2.31. The molecule has 1 saturated heterocycles. The van der Waals surface area contributed by atoms with Crippen LogP contribution in [0.15, 0.2) is 0 Å². The molecule has 1 rings (SSSR count). The molecule has 0 aromatic rings. The molecule has 1 heterocycles. The Labute approximate surface area is 97.9 Å². The molecule has 0 aromatic carbocycles. The second-order valence-electron chi connectivity index (χ2n) is 5.37. The van der Waals surface area contributed by atoms with Crippen LogP contribution in [0.5, 0.6) is 0 Å². The summed E-state index contributed by atoms with van der Waals surface area (Å²) in [7, 11) is 0. The van der Waals surface area contributed by atoms with Crippen molar-refractivity contribution in [1.29, 1.82) is 0 Å². The molecule has 1 unspecified atom stereocenters. The minimum atomic E-state index is -0.473. The molecule has 0 bridgehead atoms. The minimum Gasteiger partial charge on any atom is -0.381 e. The molecule has 0 aliphatic carbocycles. The second-order valence-corrected chi connectivity index (χ2v) is 5.37. The van der Waals surface area contributed by atoms with Crippen molar-refractivity contribution in [2.75, 3.05) is 19.8 Å². The number of rotatable bonds is 5. The number of carbonyl (C=O) groups excluding carboxylic acids is 1. The number of primary amides is 1. The highest BCUT2D eigenvalue weighted by Crippen LogP contribution is 2.20. The van der Waals surface area contributed by atoms with E-state index in [0.29, 0.717) is 18.5 Å². The quantitative estimate of drug-likeness (QED) is 0.735. The highest BCUT2D eigenvalue weighted by Gasteiger charge is 2.27. The summed E-state index contributed by atoms with van der Waals surface area (Å²) in [6.07, 6.45) is 2.20. The number of nitrogens with one attached hydrogen (secondary N) is 1. The Morgan fingerprint density at radius 1 is 1.50 bits per heavy atom. The topological polar surface area (TPSA) is 64.3 Å². The normalized spacial score (nSPS) is 20.7. The first-order chi connectivity index (χ1) is 7.43. The van der Waals surface area contributed by atoms with Gasteiger partial charge in [-0.25, -0.2) is 0 Å². The number of nitrogens with two attached hydrogens (primary N) is 1. The SMILES string of the molecule is CC(NCC(C)(C)C(N)=O)C1CCOCC1. The van der Waals surface area contributed by atoms with Gasteiger partial charge in [0.15, 0.2) is 0 Å². The molecule has 0 aromatic heterocycles. The van der Waals surface area contributed by atoms with Crippen molar-refractivity contribution in [2.24, 2.45) is 17.1 Å². The molecule has 1 atom stereocenters. The van der Waals surface area contributed by atoms with E-state index in [1.54, 1.807) is 0 Å². The molecule has 1 aliphatic heterocycles. The highest BCUT2D eigenvalue weighted by atomic mass is 16.5. The van der Waals surface area contributed by atoms with Crippen molar-refractivity contribution in [3.63, 3.8) is 0 Å². The molecule has 1 fully saturated rings. The average molecular weight is 228 g/mol. The lowest BCUT2D eigenvalue weighted by Crippen LogP contribution is -2.46. The maximum atomic E-state index is 11.2. The van der Waals surface area contributed by atoms with E-state index in [2.05, 4.69) is 12.2 Å². The van der Waals surface area contributed by atoms with Crippen LogP contribution in [0.4, 0.5) is 0 Å². The average Bonchev–Trinajstić information content (AvgIpc) is 2.27. The first-order valence-corrected chi connectivity index (χ1v) is 6.04. The molecule has 0 spiro atoms. The van der Waals surface area contributed by atoms with Crippen molar-refractivity contribution in [1.82, 2.24) is 5.32 Å². The van der Waals surface area contributed by atoms with Crippen LogP contribution in [0.3, 0.4) is 0 Å². The van der Waals surface area contributed by atoms with Crippen molar-refractivity contribution >= 4 is 5.91 Å². The van der Waals surface area contributed by atoms with Gasteiger partial charge in [0.1, 0.15) is 0 Å². The van der Waals surface area contributed by atoms with Crippen LogP contribution in [0.2, 0.25) is 0 Å². The van der Waals surface area contributed by atoms with Gasteiger partial charge in [-0.15, -0.1) is 0 Å². The molecular formula is C12H24N2O2. The van der Waals surface area contributed by atoms with E-state index in [4.69, 9.17) is 10.5 Å². The lowest BCUT2D eigenvalue weighted by atomic mass is 9.89. The van der Waals surface area contributed by atoms with Gasteiger partial charge in [0.25, 0.3) is 0 Å². The van der Waals surface area contributed by atoms with Gasteiger partial charge < -0.3 is 15.8 Å². The van der Waals surface area contributed by atoms with Crippen molar-refractivity contribution < 1.29 is 9.53 Å². The van der Waals surface area contributed by atoms with Gasteiger partial charge in [-0.3, -0.25) is 4.79 Å². The predicted molar refractivity (Wildman–Crippen MR) is 64.0 cm³/mol. The molecule has 94 valence electrons. The Bertz CT molecular complexity index is 235. The molecule has 0 radical (unpaired) electrons. The van der Waals surface area contributed by atoms with E-state index in [1.165, 1.54) is 0 Å². The van der Waals surface area contributed by atoms with Crippen LogP contribution < -0.4 is 11.1 Å². The summed E-state index contributed by atoms with van der Waals surface area (Å²) < 4.78 is 5.33. The first-order valence-electron chi connectivity index (χ1n) is 6.04. The highest BCUT2D eigenvalue weighted by molar-refractivity contribution is 5.80. The van der Waals surface area contributed by atoms with Crippen LogP contribution in [-0.2, 0) is 9.53 Å². The Balaban J connectivity index is 2.33. The zero-order valence-electron chi connectivity index (χ0n) is 10.6. The van der Waals surface area contributed by atoms with Gasteiger partial charge in [0.05, 0.1) is 5.41 Å². The van der Waals surface area contributed by atoms with Gasteiger partial charge in [-0.05, 0) is 39.5 Å².